The largest absolute Gasteiger partial charge is 0.463 e. The maximum atomic E-state index is 11.7. The molecular weight excluding hydrogens is 244 g/mol. The van der Waals surface area contributed by atoms with Gasteiger partial charge in [-0.1, -0.05) is 6.92 Å². The molecular formula is C10H14N2O6. The Morgan fingerprint density at radius 1 is 1.28 bits per heavy atom. The molecule has 0 aromatic rings. The standard InChI is InChI=1S/C10H14N2O6/c1-2-10(5-6(14)18-4-3-13)7(15)11-9(17)12-8(10)16/h13H,2-5H2,1H3,(H2,11,12,15,16,17). The van der Waals surface area contributed by atoms with Crippen molar-refractivity contribution >= 4 is 23.8 Å². The van der Waals surface area contributed by atoms with Gasteiger partial charge >= 0.3 is 12.0 Å². The van der Waals surface area contributed by atoms with Gasteiger partial charge in [0.1, 0.15) is 12.0 Å². The van der Waals surface area contributed by atoms with Crippen LogP contribution in [0.1, 0.15) is 19.8 Å². The number of hydrogen-bond acceptors (Lipinski definition) is 6. The first kappa shape index (κ1) is 14.1. The minimum absolute atomic E-state index is 0.0478. The summed E-state index contributed by atoms with van der Waals surface area (Å²) in [4.78, 5) is 45.8. The smallest absolute Gasteiger partial charge is 0.328 e. The number of barbiturate groups is 1. The van der Waals surface area contributed by atoms with Gasteiger partial charge in [0, 0.05) is 0 Å². The molecule has 0 bridgehead atoms. The molecule has 0 unspecified atom stereocenters. The van der Waals surface area contributed by atoms with Crippen LogP contribution in [0.2, 0.25) is 0 Å². The molecule has 18 heavy (non-hydrogen) atoms. The van der Waals surface area contributed by atoms with Crippen molar-refractivity contribution in [1.82, 2.24) is 10.6 Å². The number of nitrogens with one attached hydrogen (secondary N) is 2. The van der Waals surface area contributed by atoms with E-state index in [1.165, 1.54) is 0 Å². The van der Waals surface area contributed by atoms with Crippen LogP contribution in [-0.4, -0.2) is 42.1 Å². The minimum Gasteiger partial charge on any atom is -0.463 e. The lowest BCUT2D eigenvalue weighted by Crippen LogP contribution is -2.62. The number of rotatable bonds is 5. The fraction of sp³-hybridized carbons (Fsp3) is 0.600. The topological polar surface area (TPSA) is 122 Å². The number of amides is 4. The van der Waals surface area contributed by atoms with Crippen LogP contribution in [0, 0.1) is 5.41 Å². The molecule has 1 rings (SSSR count). The predicted octanol–water partition coefficient (Wildman–Crippen LogP) is -1.33. The Labute approximate surface area is 103 Å². The zero-order valence-electron chi connectivity index (χ0n) is 9.82. The molecule has 0 spiro atoms. The van der Waals surface area contributed by atoms with Crippen molar-refractivity contribution in [3.63, 3.8) is 0 Å². The predicted molar refractivity (Wildman–Crippen MR) is 57.1 cm³/mol. The van der Waals surface area contributed by atoms with Crippen molar-refractivity contribution in [1.29, 1.82) is 0 Å². The molecule has 1 aliphatic heterocycles. The highest BCUT2D eigenvalue weighted by molar-refractivity contribution is 6.20. The zero-order valence-corrected chi connectivity index (χ0v) is 9.82. The van der Waals surface area contributed by atoms with E-state index in [2.05, 4.69) is 4.74 Å². The van der Waals surface area contributed by atoms with Crippen LogP contribution in [-0.2, 0) is 19.1 Å². The summed E-state index contributed by atoms with van der Waals surface area (Å²) in [6.45, 7) is 0.997. The molecule has 1 saturated heterocycles. The van der Waals surface area contributed by atoms with Crippen molar-refractivity contribution in [2.75, 3.05) is 13.2 Å². The Bertz CT molecular complexity index is 372. The monoisotopic (exact) mass is 258 g/mol. The third-order valence-corrected chi connectivity index (χ3v) is 2.73. The molecule has 0 atom stereocenters. The van der Waals surface area contributed by atoms with E-state index in [-0.39, 0.29) is 19.6 Å². The fourth-order valence-electron chi connectivity index (χ4n) is 1.64. The first-order valence-electron chi connectivity index (χ1n) is 5.39. The Hall–Kier alpha value is -1.96. The summed E-state index contributed by atoms with van der Waals surface area (Å²) in [5, 5.41) is 12.4. The number of esters is 1. The molecule has 8 heteroatoms. The van der Waals surface area contributed by atoms with Gasteiger partial charge in [0.15, 0.2) is 0 Å². The molecule has 0 saturated carbocycles. The van der Waals surface area contributed by atoms with Crippen LogP contribution in [0.15, 0.2) is 0 Å². The first-order chi connectivity index (χ1) is 8.46. The molecule has 0 aromatic carbocycles. The maximum absolute atomic E-state index is 11.7. The van der Waals surface area contributed by atoms with Gasteiger partial charge in [-0.2, -0.15) is 0 Å². The Balaban J connectivity index is 2.84. The molecule has 1 aliphatic rings. The maximum Gasteiger partial charge on any atom is 0.328 e. The quantitative estimate of drug-likeness (QED) is 0.415. The van der Waals surface area contributed by atoms with Gasteiger partial charge in [0.25, 0.3) is 0 Å². The highest BCUT2D eigenvalue weighted by Gasteiger charge is 2.50. The normalized spacial score (nSPS) is 18.0. The van der Waals surface area contributed by atoms with Crippen LogP contribution in [0.4, 0.5) is 4.79 Å². The summed E-state index contributed by atoms with van der Waals surface area (Å²) in [7, 11) is 0. The van der Waals surface area contributed by atoms with Crippen molar-refractivity contribution in [3.8, 4) is 0 Å². The van der Waals surface area contributed by atoms with Gasteiger partial charge in [-0.25, -0.2) is 4.79 Å². The molecule has 4 amide bonds. The number of aliphatic hydroxyl groups is 1. The summed E-state index contributed by atoms with van der Waals surface area (Å²) in [5.74, 6) is -2.43. The summed E-state index contributed by atoms with van der Waals surface area (Å²) < 4.78 is 4.61. The van der Waals surface area contributed by atoms with E-state index in [0.29, 0.717) is 0 Å². The van der Waals surface area contributed by atoms with E-state index in [0.717, 1.165) is 0 Å². The second kappa shape index (κ2) is 5.58. The second-order valence-corrected chi connectivity index (χ2v) is 3.79. The van der Waals surface area contributed by atoms with Gasteiger partial charge in [0.05, 0.1) is 13.0 Å². The Morgan fingerprint density at radius 2 is 1.83 bits per heavy atom. The molecule has 0 radical (unpaired) electrons. The van der Waals surface area contributed by atoms with Crippen molar-refractivity contribution in [3.05, 3.63) is 0 Å². The first-order valence-corrected chi connectivity index (χ1v) is 5.39. The zero-order chi connectivity index (χ0) is 13.8. The van der Waals surface area contributed by atoms with Crippen LogP contribution in [0.5, 0.6) is 0 Å². The van der Waals surface area contributed by atoms with E-state index in [4.69, 9.17) is 5.11 Å². The van der Waals surface area contributed by atoms with Crippen LogP contribution >= 0.6 is 0 Å². The lowest BCUT2D eigenvalue weighted by molar-refractivity contribution is -0.157. The van der Waals surface area contributed by atoms with Crippen molar-refractivity contribution < 1.29 is 29.0 Å². The highest BCUT2D eigenvalue weighted by atomic mass is 16.5. The Morgan fingerprint density at radius 3 is 2.28 bits per heavy atom. The molecule has 8 nitrogen and oxygen atoms in total. The number of carbonyl (C=O) groups is 4. The van der Waals surface area contributed by atoms with Crippen molar-refractivity contribution in [2.24, 2.45) is 5.41 Å². The molecule has 0 aliphatic carbocycles. The summed E-state index contributed by atoms with van der Waals surface area (Å²) in [5.41, 5.74) is -1.64. The molecule has 3 N–H and O–H groups in total. The number of urea groups is 1. The average molecular weight is 258 g/mol. The van der Waals surface area contributed by atoms with E-state index in [1.807, 2.05) is 10.6 Å². The van der Waals surface area contributed by atoms with Crippen molar-refractivity contribution in [2.45, 2.75) is 19.8 Å². The fourth-order valence-corrected chi connectivity index (χ4v) is 1.64. The van der Waals surface area contributed by atoms with Gasteiger partial charge in [-0.15, -0.1) is 0 Å². The van der Waals surface area contributed by atoms with Gasteiger partial charge in [0.2, 0.25) is 11.8 Å². The van der Waals surface area contributed by atoms with Gasteiger partial charge in [-0.3, -0.25) is 25.0 Å². The number of hydrogen-bond donors (Lipinski definition) is 3. The van der Waals surface area contributed by atoms with Crippen LogP contribution in [0.3, 0.4) is 0 Å². The lowest BCUT2D eigenvalue weighted by atomic mass is 9.78. The number of carbonyl (C=O) groups excluding carboxylic acids is 4. The minimum atomic E-state index is -1.64. The summed E-state index contributed by atoms with van der Waals surface area (Å²) >= 11 is 0. The lowest BCUT2D eigenvalue weighted by Gasteiger charge is -2.31. The van der Waals surface area contributed by atoms with Crippen LogP contribution < -0.4 is 10.6 Å². The number of imide groups is 2. The summed E-state index contributed by atoms with van der Waals surface area (Å²) in [6, 6.07) is -0.905. The highest BCUT2D eigenvalue weighted by Crippen LogP contribution is 2.29. The van der Waals surface area contributed by atoms with Gasteiger partial charge < -0.3 is 9.84 Å². The van der Waals surface area contributed by atoms with E-state index in [9.17, 15) is 19.2 Å². The molecule has 1 heterocycles. The third kappa shape index (κ3) is 2.65. The summed E-state index contributed by atoms with van der Waals surface area (Å²) in [6.07, 6.45) is -0.430. The van der Waals surface area contributed by atoms with E-state index in [1.54, 1.807) is 6.92 Å². The van der Waals surface area contributed by atoms with E-state index < -0.39 is 35.7 Å². The third-order valence-electron chi connectivity index (χ3n) is 2.73. The number of ether oxygens (including phenoxy) is 1. The van der Waals surface area contributed by atoms with E-state index >= 15 is 0 Å². The molecule has 100 valence electrons. The average Bonchev–Trinajstić information content (AvgIpc) is 2.31. The number of aliphatic hydroxyl groups excluding tert-OH is 1. The Kier molecular flexibility index (Phi) is 4.38. The molecule has 0 aromatic heterocycles. The van der Waals surface area contributed by atoms with Gasteiger partial charge in [-0.05, 0) is 6.42 Å². The molecule has 1 fully saturated rings. The second-order valence-electron chi connectivity index (χ2n) is 3.79. The SMILES string of the molecule is CCC1(CC(=O)OCCO)C(=O)NC(=O)NC1=O. The van der Waals surface area contributed by atoms with Crippen LogP contribution in [0.25, 0.3) is 0 Å².